The van der Waals surface area contributed by atoms with Crippen LogP contribution in [0.2, 0.25) is 0 Å². The first kappa shape index (κ1) is 33.9. The van der Waals surface area contributed by atoms with Crippen LogP contribution in [0, 0.1) is 24.4 Å². The number of nitrogens with zero attached hydrogens (tertiary/aromatic N) is 3. The van der Waals surface area contributed by atoms with Gasteiger partial charge < -0.3 is 10.6 Å². The van der Waals surface area contributed by atoms with Crippen molar-refractivity contribution < 1.29 is 13.2 Å². The van der Waals surface area contributed by atoms with Gasteiger partial charge in [0.15, 0.2) is 0 Å². The number of rotatable bonds is 7. The Kier molecular flexibility index (Phi) is 10.2. The van der Waals surface area contributed by atoms with Gasteiger partial charge in [-0.05, 0) is 95.9 Å². The molecule has 5 nitrogen and oxygen atoms in total. The minimum atomic E-state index is -0.473. The molecule has 0 bridgehead atoms. The Bertz CT molecular complexity index is 2240. The van der Waals surface area contributed by atoms with Crippen LogP contribution < -0.4 is 16.2 Å². The monoisotopic (exact) mass is 668 g/mol. The summed E-state index contributed by atoms with van der Waals surface area (Å²) in [7, 11) is 1.86. The maximum absolute atomic E-state index is 13.9. The third kappa shape index (κ3) is 7.51. The Morgan fingerprint density at radius 2 is 1.04 bits per heavy atom. The lowest BCUT2D eigenvalue weighted by molar-refractivity contribution is 0.608. The van der Waals surface area contributed by atoms with Gasteiger partial charge in [-0.2, -0.15) is 0 Å². The molecule has 0 aliphatic carbocycles. The molecule has 0 amide bonds. The molecular weight excluding hydrogens is 633 g/mol. The number of halogens is 3. The first-order valence-corrected chi connectivity index (χ1v) is 16.1. The Hall–Kier alpha value is -5.99. The van der Waals surface area contributed by atoms with Crippen molar-refractivity contribution in [1.29, 1.82) is 0 Å². The molecule has 0 saturated heterocycles. The molecule has 2 atom stereocenters. The molecule has 0 spiro atoms. The Balaban J connectivity index is 0.000000240. The predicted molar refractivity (Wildman–Crippen MR) is 194 cm³/mol. The number of anilines is 2. The van der Waals surface area contributed by atoms with Crippen molar-refractivity contribution in [3.05, 3.63) is 208 Å². The van der Waals surface area contributed by atoms with E-state index in [4.69, 9.17) is 10.7 Å². The van der Waals surface area contributed by atoms with Gasteiger partial charge in [-0.25, -0.2) is 18.2 Å². The summed E-state index contributed by atoms with van der Waals surface area (Å²) in [6.07, 6.45) is 0. The Labute approximate surface area is 288 Å². The van der Waals surface area contributed by atoms with Crippen molar-refractivity contribution in [2.24, 2.45) is 5.73 Å². The molecule has 0 aliphatic heterocycles. The van der Waals surface area contributed by atoms with Crippen LogP contribution in [0.5, 0.6) is 0 Å². The molecule has 0 aliphatic rings. The van der Waals surface area contributed by atoms with Crippen LogP contribution in [0.15, 0.2) is 156 Å². The lowest BCUT2D eigenvalue weighted by Gasteiger charge is -2.24. The van der Waals surface area contributed by atoms with Crippen LogP contribution in [0.25, 0.3) is 10.9 Å². The first-order valence-electron chi connectivity index (χ1n) is 16.1. The Morgan fingerprint density at radius 1 is 0.600 bits per heavy atom. The largest absolute Gasteiger partial charge is 0.345 e. The van der Waals surface area contributed by atoms with E-state index in [2.05, 4.69) is 0 Å². The van der Waals surface area contributed by atoms with E-state index < -0.39 is 6.04 Å². The van der Waals surface area contributed by atoms with Gasteiger partial charge in [0, 0.05) is 18.4 Å². The molecule has 7 aromatic rings. The molecule has 1 heterocycles. The van der Waals surface area contributed by atoms with Gasteiger partial charge in [0.1, 0.15) is 23.3 Å². The number of benzene rings is 6. The molecular formula is C42H35F3N4O. The average molecular weight is 669 g/mol. The third-order valence-corrected chi connectivity index (χ3v) is 8.61. The third-order valence-electron chi connectivity index (χ3n) is 8.61. The summed E-state index contributed by atoms with van der Waals surface area (Å²) in [4.78, 5) is 20.6. The Morgan fingerprint density at radius 3 is 1.60 bits per heavy atom. The number of aromatic nitrogens is 2. The van der Waals surface area contributed by atoms with E-state index in [1.165, 1.54) is 36.4 Å². The number of hydrogen-bond donors (Lipinski definition) is 1. The molecule has 2 N–H and O–H groups in total. The molecule has 0 saturated carbocycles. The van der Waals surface area contributed by atoms with E-state index in [0.717, 1.165) is 33.6 Å². The fraction of sp³-hybridized carbons (Fsp3) is 0.0952. The summed E-state index contributed by atoms with van der Waals surface area (Å²) in [5.41, 5.74) is 11.6. The second-order valence-corrected chi connectivity index (χ2v) is 11.9. The van der Waals surface area contributed by atoms with E-state index in [0.29, 0.717) is 16.7 Å². The molecule has 50 heavy (non-hydrogen) atoms. The highest BCUT2D eigenvalue weighted by Crippen LogP contribution is 2.30. The second kappa shape index (κ2) is 15.1. The van der Waals surface area contributed by atoms with Crippen molar-refractivity contribution >= 4 is 22.3 Å². The standard InChI is InChI=1S/C29H23F2N3O.C13H12FN/c1-19-32-27-17-16-25(33(2)24-14-12-23(31)13-15-24)18-26(27)29(35)34(19)28(20-6-4-3-5-7-20)21-8-10-22(30)11-9-21;14-12-8-6-11(7-9-12)13(15)10-4-2-1-3-5-10/h3-18,28H,1-2H3;1-9,13H,15H2. The van der Waals surface area contributed by atoms with Gasteiger partial charge in [0.25, 0.3) is 5.56 Å². The van der Waals surface area contributed by atoms with Crippen LogP contribution in [0.4, 0.5) is 24.5 Å². The van der Waals surface area contributed by atoms with Crippen LogP contribution in [0.3, 0.4) is 0 Å². The highest BCUT2D eigenvalue weighted by Gasteiger charge is 2.22. The van der Waals surface area contributed by atoms with Crippen LogP contribution in [-0.4, -0.2) is 16.6 Å². The average Bonchev–Trinajstić information content (AvgIpc) is 3.15. The zero-order valence-corrected chi connectivity index (χ0v) is 27.5. The maximum atomic E-state index is 13.9. The van der Waals surface area contributed by atoms with Crippen molar-refractivity contribution in [2.45, 2.75) is 19.0 Å². The van der Waals surface area contributed by atoms with Gasteiger partial charge in [-0.15, -0.1) is 0 Å². The minimum absolute atomic E-state index is 0.188. The number of nitrogens with two attached hydrogens (primary N) is 1. The van der Waals surface area contributed by atoms with Crippen molar-refractivity contribution in [3.63, 3.8) is 0 Å². The van der Waals surface area contributed by atoms with E-state index in [1.54, 1.807) is 54.0 Å². The van der Waals surface area contributed by atoms with Gasteiger partial charge in [0.2, 0.25) is 0 Å². The van der Waals surface area contributed by atoms with Gasteiger partial charge in [-0.3, -0.25) is 9.36 Å². The highest BCUT2D eigenvalue weighted by molar-refractivity contribution is 5.83. The van der Waals surface area contributed by atoms with Gasteiger partial charge >= 0.3 is 0 Å². The van der Waals surface area contributed by atoms with Gasteiger partial charge in [0.05, 0.1) is 23.0 Å². The first-order chi connectivity index (χ1) is 24.2. The molecule has 1 aromatic heterocycles. The van der Waals surface area contributed by atoms with Crippen LogP contribution in [0.1, 0.15) is 40.2 Å². The second-order valence-electron chi connectivity index (χ2n) is 11.9. The molecule has 8 heteroatoms. The van der Waals surface area contributed by atoms with E-state index in [-0.39, 0.29) is 29.1 Å². The molecule has 0 fully saturated rings. The topological polar surface area (TPSA) is 64.2 Å². The molecule has 2 unspecified atom stereocenters. The smallest absolute Gasteiger partial charge is 0.262 e. The summed E-state index contributed by atoms with van der Waals surface area (Å²) in [6.45, 7) is 1.80. The summed E-state index contributed by atoms with van der Waals surface area (Å²) in [5, 5.41) is 0.463. The highest BCUT2D eigenvalue weighted by atomic mass is 19.1. The molecule has 6 aromatic carbocycles. The SMILES string of the molecule is Cc1nc2ccc(N(C)c3ccc(F)cc3)cc2c(=O)n1C(c1ccccc1)c1ccc(F)cc1.NC(c1ccccc1)c1ccc(F)cc1. The summed E-state index contributed by atoms with van der Waals surface area (Å²) >= 11 is 0. The van der Waals surface area contributed by atoms with E-state index in [9.17, 15) is 18.0 Å². The maximum Gasteiger partial charge on any atom is 0.262 e. The fourth-order valence-electron chi connectivity index (χ4n) is 5.92. The number of fused-ring (bicyclic) bond motifs is 1. The molecule has 7 rings (SSSR count). The predicted octanol–water partition coefficient (Wildman–Crippen LogP) is 9.26. The van der Waals surface area contributed by atoms with Crippen LogP contribution >= 0.6 is 0 Å². The van der Waals surface area contributed by atoms with Gasteiger partial charge in [-0.1, -0.05) is 84.9 Å². The summed E-state index contributed by atoms with van der Waals surface area (Å²) in [6, 6.07) is 42.9. The number of aryl methyl sites for hydroxylation is 1. The van der Waals surface area contributed by atoms with Crippen molar-refractivity contribution in [1.82, 2.24) is 9.55 Å². The van der Waals surface area contributed by atoms with E-state index >= 15 is 0 Å². The lowest BCUT2D eigenvalue weighted by Crippen LogP contribution is -2.29. The zero-order valence-electron chi connectivity index (χ0n) is 27.5. The quantitative estimate of drug-likeness (QED) is 0.184. The van der Waals surface area contributed by atoms with Crippen LogP contribution in [-0.2, 0) is 0 Å². The lowest BCUT2D eigenvalue weighted by atomic mass is 9.98. The normalized spacial score (nSPS) is 12.1. The van der Waals surface area contributed by atoms with Crippen molar-refractivity contribution in [3.8, 4) is 0 Å². The molecule has 0 radical (unpaired) electrons. The summed E-state index contributed by atoms with van der Waals surface area (Å²) < 4.78 is 41.5. The van der Waals surface area contributed by atoms with E-state index in [1.807, 2.05) is 84.7 Å². The van der Waals surface area contributed by atoms with Crippen molar-refractivity contribution in [2.75, 3.05) is 11.9 Å². The fourth-order valence-corrected chi connectivity index (χ4v) is 5.92. The summed E-state index contributed by atoms with van der Waals surface area (Å²) in [5.74, 6) is -0.329. The minimum Gasteiger partial charge on any atom is -0.345 e. The molecule has 250 valence electrons. The number of hydrogen-bond acceptors (Lipinski definition) is 4. The zero-order chi connectivity index (χ0) is 35.2.